The van der Waals surface area contributed by atoms with Crippen LogP contribution in [0.3, 0.4) is 0 Å². The van der Waals surface area contributed by atoms with Crippen LogP contribution in [0.5, 0.6) is 0 Å². The quantitative estimate of drug-likeness (QED) is 0.263. The molecule has 0 aliphatic heterocycles. The molecule has 4 heteroatoms. The van der Waals surface area contributed by atoms with Crippen molar-refractivity contribution in [2.24, 2.45) is 5.16 Å². The lowest BCUT2D eigenvalue weighted by molar-refractivity contribution is -0.0538. The van der Waals surface area contributed by atoms with Gasteiger partial charge in [-0.25, -0.2) is 0 Å². The molecule has 0 rings (SSSR count). The lowest BCUT2D eigenvalue weighted by Gasteiger charge is -2.10. The number of rotatable bonds is 3. The van der Waals surface area contributed by atoms with Gasteiger partial charge in [-0.15, -0.1) is 0 Å². The Morgan fingerprint density at radius 1 is 1.44 bits per heavy atom. The topological polar surface area (TPSA) is 51.0 Å². The molecule has 0 atom stereocenters. The first-order chi connectivity index (χ1) is 4.26. The van der Waals surface area contributed by atoms with Crippen molar-refractivity contribution in [2.75, 3.05) is 14.2 Å². The van der Waals surface area contributed by atoms with E-state index >= 15 is 0 Å². The SMILES string of the molecule is COC(OC)C(C)=NO. The Morgan fingerprint density at radius 2 is 1.89 bits per heavy atom. The van der Waals surface area contributed by atoms with Crippen molar-refractivity contribution in [3.8, 4) is 0 Å². The average molecular weight is 133 g/mol. The molecule has 0 saturated heterocycles. The van der Waals surface area contributed by atoms with Crippen LogP contribution in [0, 0.1) is 0 Å². The molecule has 0 aromatic heterocycles. The smallest absolute Gasteiger partial charge is 0.199 e. The van der Waals surface area contributed by atoms with Gasteiger partial charge in [0.15, 0.2) is 6.29 Å². The van der Waals surface area contributed by atoms with E-state index in [1.807, 2.05) is 0 Å². The Labute approximate surface area is 54.1 Å². The molecule has 0 aliphatic carbocycles. The highest BCUT2D eigenvalue weighted by Crippen LogP contribution is 1.92. The number of ether oxygens (including phenoxy) is 2. The van der Waals surface area contributed by atoms with Crippen LogP contribution in [0.2, 0.25) is 0 Å². The second kappa shape index (κ2) is 4.29. The van der Waals surface area contributed by atoms with Gasteiger partial charge >= 0.3 is 0 Å². The highest BCUT2D eigenvalue weighted by Gasteiger charge is 2.07. The van der Waals surface area contributed by atoms with Crippen LogP contribution in [0.4, 0.5) is 0 Å². The minimum Gasteiger partial charge on any atom is -0.411 e. The van der Waals surface area contributed by atoms with Crippen LogP contribution in [-0.2, 0) is 9.47 Å². The molecule has 0 aliphatic rings. The summed E-state index contributed by atoms with van der Waals surface area (Å²) in [6, 6.07) is 0. The van der Waals surface area contributed by atoms with Crippen LogP contribution < -0.4 is 0 Å². The Kier molecular flexibility index (Phi) is 4.00. The molecule has 9 heavy (non-hydrogen) atoms. The molecule has 54 valence electrons. The summed E-state index contributed by atoms with van der Waals surface area (Å²) >= 11 is 0. The molecule has 0 heterocycles. The van der Waals surface area contributed by atoms with Gasteiger partial charge in [0.1, 0.15) is 5.71 Å². The fraction of sp³-hybridized carbons (Fsp3) is 0.800. The van der Waals surface area contributed by atoms with E-state index < -0.39 is 6.29 Å². The van der Waals surface area contributed by atoms with Crippen LogP contribution >= 0.6 is 0 Å². The van der Waals surface area contributed by atoms with Crippen LogP contribution in [0.25, 0.3) is 0 Å². The van der Waals surface area contributed by atoms with E-state index in [0.29, 0.717) is 5.71 Å². The van der Waals surface area contributed by atoms with Crippen molar-refractivity contribution >= 4 is 5.71 Å². The third-order valence-corrected chi connectivity index (χ3v) is 0.927. The highest BCUT2D eigenvalue weighted by molar-refractivity contribution is 5.84. The van der Waals surface area contributed by atoms with Gasteiger partial charge in [0.05, 0.1) is 0 Å². The maximum absolute atomic E-state index is 8.20. The zero-order valence-corrected chi connectivity index (χ0v) is 5.79. The van der Waals surface area contributed by atoms with Crippen molar-refractivity contribution < 1.29 is 14.7 Å². The second-order valence-electron chi connectivity index (χ2n) is 1.54. The molecule has 0 bridgehead atoms. The van der Waals surface area contributed by atoms with Crippen molar-refractivity contribution in [3.63, 3.8) is 0 Å². The average Bonchev–Trinajstić information content (AvgIpc) is 1.90. The standard InChI is InChI=1S/C5H11NO3/c1-4(6-7)5(8-2)9-3/h5,7H,1-3H3. The first-order valence-corrected chi connectivity index (χ1v) is 2.50. The van der Waals surface area contributed by atoms with E-state index in [2.05, 4.69) is 5.16 Å². The van der Waals surface area contributed by atoms with Gasteiger partial charge < -0.3 is 14.7 Å². The zero-order chi connectivity index (χ0) is 7.28. The van der Waals surface area contributed by atoms with Crippen LogP contribution in [0.1, 0.15) is 6.92 Å². The number of hydrogen-bond acceptors (Lipinski definition) is 4. The molecule has 0 amide bonds. The van der Waals surface area contributed by atoms with Crippen LogP contribution in [-0.4, -0.2) is 31.4 Å². The molecule has 1 N–H and O–H groups in total. The first-order valence-electron chi connectivity index (χ1n) is 2.50. The summed E-state index contributed by atoms with van der Waals surface area (Å²) in [5.41, 5.74) is 0.403. The molecule has 0 aromatic rings. The van der Waals surface area contributed by atoms with E-state index in [1.165, 1.54) is 14.2 Å². The fourth-order valence-electron chi connectivity index (χ4n) is 0.484. The van der Waals surface area contributed by atoms with Crippen molar-refractivity contribution in [2.45, 2.75) is 13.2 Å². The lowest BCUT2D eigenvalue weighted by atomic mass is 10.4. The minimum atomic E-state index is -0.532. The third kappa shape index (κ3) is 2.43. The molecule has 0 aromatic carbocycles. The second-order valence-corrected chi connectivity index (χ2v) is 1.54. The van der Waals surface area contributed by atoms with E-state index in [0.717, 1.165) is 0 Å². The van der Waals surface area contributed by atoms with Gasteiger partial charge in [0.25, 0.3) is 0 Å². The summed E-state index contributed by atoms with van der Waals surface area (Å²) in [6.45, 7) is 1.61. The number of oxime groups is 1. The van der Waals surface area contributed by atoms with E-state index in [4.69, 9.17) is 14.7 Å². The maximum Gasteiger partial charge on any atom is 0.199 e. The zero-order valence-electron chi connectivity index (χ0n) is 5.79. The van der Waals surface area contributed by atoms with E-state index in [9.17, 15) is 0 Å². The number of methoxy groups -OCH3 is 2. The summed E-state index contributed by atoms with van der Waals surface area (Å²) in [5, 5.41) is 11.1. The molecular formula is C5H11NO3. The summed E-state index contributed by atoms with van der Waals surface area (Å²) in [6.07, 6.45) is -0.532. The number of hydrogen-bond donors (Lipinski definition) is 1. The van der Waals surface area contributed by atoms with Gasteiger partial charge in [-0.05, 0) is 6.92 Å². The van der Waals surface area contributed by atoms with E-state index in [-0.39, 0.29) is 0 Å². The Morgan fingerprint density at radius 3 is 2.00 bits per heavy atom. The van der Waals surface area contributed by atoms with Crippen molar-refractivity contribution in [1.82, 2.24) is 0 Å². The van der Waals surface area contributed by atoms with Gasteiger partial charge in [0.2, 0.25) is 0 Å². The Balaban J connectivity index is 3.79. The predicted octanol–water partition coefficient (Wildman–Crippen LogP) is 0.455. The normalized spacial score (nSPS) is 12.7. The third-order valence-electron chi connectivity index (χ3n) is 0.927. The summed E-state index contributed by atoms with van der Waals surface area (Å²) in [5.74, 6) is 0. The lowest BCUT2D eigenvalue weighted by Crippen LogP contribution is -2.22. The minimum absolute atomic E-state index is 0.403. The number of nitrogens with zero attached hydrogens (tertiary/aromatic N) is 1. The van der Waals surface area contributed by atoms with Crippen LogP contribution in [0.15, 0.2) is 5.16 Å². The van der Waals surface area contributed by atoms with Crippen molar-refractivity contribution in [1.29, 1.82) is 0 Å². The predicted molar refractivity (Wildman–Crippen MR) is 32.7 cm³/mol. The molecule has 0 saturated carbocycles. The summed E-state index contributed by atoms with van der Waals surface area (Å²) in [7, 11) is 2.95. The van der Waals surface area contributed by atoms with Gasteiger partial charge in [-0.1, -0.05) is 5.16 Å². The summed E-state index contributed by atoms with van der Waals surface area (Å²) < 4.78 is 9.48. The highest BCUT2D eigenvalue weighted by atomic mass is 16.7. The van der Waals surface area contributed by atoms with Crippen molar-refractivity contribution in [3.05, 3.63) is 0 Å². The summed E-state index contributed by atoms with van der Waals surface area (Å²) in [4.78, 5) is 0. The first kappa shape index (κ1) is 8.39. The molecular weight excluding hydrogens is 122 g/mol. The van der Waals surface area contributed by atoms with Gasteiger partial charge in [-0.3, -0.25) is 0 Å². The molecule has 0 spiro atoms. The Hall–Kier alpha value is -0.610. The van der Waals surface area contributed by atoms with Gasteiger partial charge in [0, 0.05) is 14.2 Å². The molecule has 0 unspecified atom stereocenters. The monoisotopic (exact) mass is 133 g/mol. The fourth-order valence-corrected chi connectivity index (χ4v) is 0.484. The van der Waals surface area contributed by atoms with Gasteiger partial charge in [-0.2, -0.15) is 0 Å². The van der Waals surface area contributed by atoms with E-state index in [1.54, 1.807) is 6.92 Å². The molecule has 0 fully saturated rings. The Bertz CT molecular complexity index is 98.4. The molecule has 4 nitrogen and oxygen atoms in total. The molecule has 0 radical (unpaired) electrons. The largest absolute Gasteiger partial charge is 0.411 e. The maximum atomic E-state index is 8.20.